The number of methoxy groups -OCH3 is 1. The van der Waals surface area contributed by atoms with E-state index in [0.717, 1.165) is 16.0 Å². The largest absolute Gasteiger partial charge is 0.497 e. The molecule has 128 valence electrons. The third-order valence-electron chi connectivity index (χ3n) is 4.71. The Labute approximate surface area is 149 Å². The fraction of sp³-hybridized carbons (Fsp3) is 0.263. The molecule has 3 atom stereocenters. The van der Waals surface area contributed by atoms with Gasteiger partial charge in [-0.25, -0.2) is 4.90 Å². The highest BCUT2D eigenvalue weighted by atomic mass is 32.2. The van der Waals surface area contributed by atoms with E-state index in [1.165, 1.54) is 16.7 Å². The van der Waals surface area contributed by atoms with E-state index < -0.39 is 17.3 Å². The number of imide groups is 1. The van der Waals surface area contributed by atoms with Crippen molar-refractivity contribution >= 4 is 29.3 Å². The predicted octanol–water partition coefficient (Wildman–Crippen LogP) is 2.70. The molecule has 0 bridgehead atoms. The maximum atomic E-state index is 12.9. The van der Waals surface area contributed by atoms with Gasteiger partial charge in [0.2, 0.25) is 11.8 Å². The molecule has 2 heterocycles. The minimum atomic E-state index is -0.971. The van der Waals surface area contributed by atoms with E-state index in [9.17, 15) is 14.7 Å². The predicted molar refractivity (Wildman–Crippen MR) is 94.8 cm³/mol. The zero-order valence-corrected chi connectivity index (χ0v) is 14.6. The summed E-state index contributed by atoms with van der Waals surface area (Å²) >= 11 is 1.37. The second-order valence-corrected chi connectivity index (χ2v) is 7.44. The molecule has 2 aliphatic heterocycles. The molecular formula is C19H17NO4S. The van der Waals surface area contributed by atoms with Crippen LogP contribution < -0.4 is 9.64 Å². The van der Waals surface area contributed by atoms with Gasteiger partial charge in [0.15, 0.2) is 0 Å². The van der Waals surface area contributed by atoms with E-state index in [1.807, 2.05) is 25.1 Å². The molecule has 25 heavy (non-hydrogen) atoms. The number of ether oxygens (including phenoxy) is 1. The van der Waals surface area contributed by atoms with Gasteiger partial charge < -0.3 is 9.84 Å². The fourth-order valence-corrected chi connectivity index (χ4v) is 4.87. The van der Waals surface area contributed by atoms with E-state index in [0.29, 0.717) is 11.4 Å². The topological polar surface area (TPSA) is 66.8 Å². The normalized spacial score (nSPS) is 24.9. The average Bonchev–Trinajstić information content (AvgIpc) is 2.86. The lowest BCUT2D eigenvalue weighted by Gasteiger charge is -2.28. The number of thioether (sulfide) groups is 1. The number of rotatable bonds is 2. The number of carbonyl (C=O) groups excluding carboxylic acids is 2. The summed E-state index contributed by atoms with van der Waals surface area (Å²) in [5.41, 5.74) is 2.27. The third-order valence-corrected chi connectivity index (χ3v) is 6.06. The molecule has 4 rings (SSSR count). The quantitative estimate of drug-likeness (QED) is 0.839. The first-order valence-electron chi connectivity index (χ1n) is 7.98. The summed E-state index contributed by atoms with van der Waals surface area (Å²) in [5.74, 6) is -0.741. The number of benzene rings is 2. The Morgan fingerprint density at radius 3 is 2.48 bits per heavy atom. The number of amides is 2. The molecule has 1 saturated heterocycles. The van der Waals surface area contributed by atoms with Crippen LogP contribution >= 0.6 is 11.8 Å². The number of carbonyl (C=O) groups is 2. The van der Waals surface area contributed by atoms with Crippen molar-refractivity contribution in [2.75, 3.05) is 12.0 Å². The van der Waals surface area contributed by atoms with Gasteiger partial charge in [-0.1, -0.05) is 12.1 Å². The van der Waals surface area contributed by atoms with Crippen LogP contribution in [0, 0.1) is 12.8 Å². The second kappa shape index (κ2) is 5.89. The van der Waals surface area contributed by atoms with E-state index >= 15 is 0 Å². The summed E-state index contributed by atoms with van der Waals surface area (Å²) in [6, 6.07) is 12.5. The lowest BCUT2D eigenvalue weighted by molar-refractivity contribution is -0.124. The van der Waals surface area contributed by atoms with Crippen molar-refractivity contribution in [2.45, 2.75) is 23.2 Å². The Hall–Kier alpha value is -2.31. The molecule has 0 aromatic heterocycles. The minimum absolute atomic E-state index is 0.281. The average molecular weight is 355 g/mol. The van der Waals surface area contributed by atoms with E-state index in [-0.39, 0.29) is 11.8 Å². The highest BCUT2D eigenvalue weighted by molar-refractivity contribution is 8.00. The van der Waals surface area contributed by atoms with Crippen molar-refractivity contribution in [3.63, 3.8) is 0 Å². The van der Waals surface area contributed by atoms with Gasteiger partial charge in [0.05, 0.1) is 24.8 Å². The molecule has 0 saturated carbocycles. The van der Waals surface area contributed by atoms with Gasteiger partial charge in [-0.3, -0.25) is 9.59 Å². The molecular weight excluding hydrogens is 338 g/mol. The first-order chi connectivity index (χ1) is 12.0. The van der Waals surface area contributed by atoms with E-state index in [1.54, 1.807) is 31.4 Å². The van der Waals surface area contributed by atoms with Gasteiger partial charge in [0.25, 0.3) is 0 Å². The van der Waals surface area contributed by atoms with Crippen LogP contribution in [0.4, 0.5) is 5.69 Å². The zero-order valence-electron chi connectivity index (χ0n) is 13.8. The molecule has 0 spiro atoms. The van der Waals surface area contributed by atoms with Crippen molar-refractivity contribution in [2.24, 2.45) is 5.92 Å². The smallest absolute Gasteiger partial charge is 0.248 e. The van der Waals surface area contributed by atoms with Crippen molar-refractivity contribution in [3.8, 4) is 5.75 Å². The minimum Gasteiger partial charge on any atom is -0.497 e. The number of anilines is 1. The third kappa shape index (κ3) is 2.44. The Kier molecular flexibility index (Phi) is 3.81. The Balaban J connectivity index is 1.72. The lowest BCUT2D eigenvalue weighted by atomic mass is 9.92. The summed E-state index contributed by atoms with van der Waals surface area (Å²) in [6.45, 7) is 1.96. The SMILES string of the molecule is COc1ccc(N2C(=O)[C@H]3[C@H](Sc4cc(C)ccc4[C@@H]3O)C2=O)cc1. The van der Waals surface area contributed by atoms with Crippen molar-refractivity contribution < 1.29 is 19.4 Å². The van der Waals surface area contributed by atoms with Crippen LogP contribution in [0.5, 0.6) is 5.75 Å². The van der Waals surface area contributed by atoms with Gasteiger partial charge in [-0.05, 0) is 48.4 Å². The molecule has 0 aliphatic carbocycles. The molecule has 1 fully saturated rings. The van der Waals surface area contributed by atoms with Gasteiger partial charge in [0.1, 0.15) is 11.0 Å². The molecule has 6 heteroatoms. The first-order valence-corrected chi connectivity index (χ1v) is 8.86. The highest BCUT2D eigenvalue weighted by Gasteiger charge is 2.54. The zero-order chi connectivity index (χ0) is 17.7. The number of nitrogens with zero attached hydrogens (tertiary/aromatic N) is 1. The van der Waals surface area contributed by atoms with Gasteiger partial charge in [0, 0.05) is 4.90 Å². The maximum absolute atomic E-state index is 12.9. The standard InChI is InChI=1S/C19H17NO4S/c1-10-3-8-13-14(9-10)25-17-15(16(13)21)18(22)20(19(17)23)11-4-6-12(24-2)7-5-11/h3-9,15-17,21H,1-2H3/t15-,16+,17+/m1/s1. The fourth-order valence-electron chi connectivity index (χ4n) is 3.40. The van der Waals surface area contributed by atoms with Gasteiger partial charge in [-0.2, -0.15) is 0 Å². The summed E-state index contributed by atoms with van der Waals surface area (Å²) < 4.78 is 5.12. The maximum Gasteiger partial charge on any atom is 0.248 e. The van der Waals surface area contributed by atoms with Gasteiger partial charge in [-0.15, -0.1) is 11.8 Å². The van der Waals surface area contributed by atoms with Crippen LogP contribution in [-0.4, -0.2) is 29.3 Å². The van der Waals surface area contributed by atoms with Crippen LogP contribution in [-0.2, 0) is 9.59 Å². The Morgan fingerprint density at radius 2 is 1.80 bits per heavy atom. The molecule has 2 aliphatic rings. The Bertz CT molecular complexity index is 864. The number of aliphatic hydroxyl groups excluding tert-OH is 1. The molecule has 2 amide bonds. The van der Waals surface area contributed by atoms with Gasteiger partial charge >= 0.3 is 0 Å². The van der Waals surface area contributed by atoms with Crippen LogP contribution in [0.1, 0.15) is 17.2 Å². The summed E-state index contributed by atoms with van der Waals surface area (Å²) in [5, 5.41) is 10.1. The number of hydrogen-bond acceptors (Lipinski definition) is 5. The second-order valence-electron chi connectivity index (χ2n) is 6.26. The van der Waals surface area contributed by atoms with Crippen molar-refractivity contribution in [1.29, 1.82) is 0 Å². The molecule has 2 aromatic rings. The Morgan fingerprint density at radius 1 is 1.08 bits per heavy atom. The number of fused-ring (bicyclic) bond motifs is 2. The van der Waals surface area contributed by atoms with Crippen LogP contribution in [0.3, 0.4) is 0 Å². The van der Waals surface area contributed by atoms with Crippen LogP contribution in [0.15, 0.2) is 47.4 Å². The van der Waals surface area contributed by atoms with E-state index in [2.05, 4.69) is 0 Å². The van der Waals surface area contributed by atoms with Crippen molar-refractivity contribution in [1.82, 2.24) is 0 Å². The highest BCUT2D eigenvalue weighted by Crippen LogP contribution is 2.49. The monoisotopic (exact) mass is 355 g/mol. The molecule has 1 N–H and O–H groups in total. The number of hydrogen-bond donors (Lipinski definition) is 1. The summed E-state index contributed by atoms with van der Waals surface area (Å²) in [7, 11) is 1.56. The first kappa shape index (κ1) is 16.2. The molecule has 5 nitrogen and oxygen atoms in total. The molecule has 0 unspecified atom stereocenters. The number of aliphatic hydroxyl groups is 1. The molecule has 0 radical (unpaired) electrons. The molecule has 2 aromatic carbocycles. The van der Waals surface area contributed by atoms with Crippen LogP contribution in [0.25, 0.3) is 0 Å². The lowest BCUT2D eigenvalue weighted by Crippen LogP contribution is -2.32. The summed E-state index contributed by atoms with van der Waals surface area (Å²) in [4.78, 5) is 27.8. The summed E-state index contributed by atoms with van der Waals surface area (Å²) in [6.07, 6.45) is -0.971. The van der Waals surface area contributed by atoms with Crippen molar-refractivity contribution in [3.05, 3.63) is 53.6 Å². The van der Waals surface area contributed by atoms with E-state index in [4.69, 9.17) is 4.74 Å². The van der Waals surface area contributed by atoms with Crippen LogP contribution in [0.2, 0.25) is 0 Å². The number of aryl methyl sites for hydroxylation is 1.